The van der Waals surface area contributed by atoms with E-state index in [1.54, 1.807) is 7.05 Å². The van der Waals surface area contributed by atoms with Crippen molar-refractivity contribution in [2.75, 3.05) is 13.6 Å². The maximum atomic E-state index is 13.7. The molecule has 20 heavy (non-hydrogen) atoms. The molecule has 0 spiro atoms. The molecule has 1 aliphatic carbocycles. The summed E-state index contributed by atoms with van der Waals surface area (Å²) in [6.45, 7) is 2.45. The Hall–Kier alpha value is -1.05. The van der Waals surface area contributed by atoms with E-state index in [-0.39, 0.29) is 18.5 Å². The van der Waals surface area contributed by atoms with Crippen molar-refractivity contribution < 1.29 is 17.2 Å². The zero-order valence-corrected chi connectivity index (χ0v) is 12.3. The third-order valence-corrected chi connectivity index (χ3v) is 4.92. The Morgan fingerprint density at radius 2 is 1.95 bits per heavy atom. The van der Waals surface area contributed by atoms with Crippen LogP contribution in [0.1, 0.15) is 25.3 Å². The quantitative estimate of drug-likeness (QED) is 0.842. The Labute approximate surface area is 117 Å². The summed E-state index contributed by atoms with van der Waals surface area (Å²) < 4.78 is 53.8. The van der Waals surface area contributed by atoms with Gasteiger partial charge in [0.15, 0.2) is 11.6 Å². The van der Waals surface area contributed by atoms with Crippen molar-refractivity contribution in [2.24, 2.45) is 5.41 Å². The van der Waals surface area contributed by atoms with Gasteiger partial charge < -0.3 is 5.32 Å². The molecule has 0 heterocycles. The van der Waals surface area contributed by atoms with Gasteiger partial charge in [0.25, 0.3) is 0 Å². The molecule has 0 aliphatic heterocycles. The molecule has 4 nitrogen and oxygen atoms in total. The summed E-state index contributed by atoms with van der Waals surface area (Å²) in [5.41, 5.74) is 0.328. The molecule has 2 rings (SSSR count). The highest BCUT2D eigenvalue weighted by Crippen LogP contribution is 2.44. The summed E-state index contributed by atoms with van der Waals surface area (Å²) in [6, 6.07) is 2.15. The van der Waals surface area contributed by atoms with Gasteiger partial charge in [-0.2, -0.15) is 0 Å². The normalized spacial score (nSPS) is 17.2. The average molecular weight is 304 g/mol. The van der Waals surface area contributed by atoms with Gasteiger partial charge in [-0.3, -0.25) is 0 Å². The Balaban J connectivity index is 2.29. The minimum Gasteiger partial charge on any atom is -0.316 e. The monoisotopic (exact) mass is 304 g/mol. The summed E-state index contributed by atoms with van der Waals surface area (Å²) in [5, 5.41) is 2.77. The van der Waals surface area contributed by atoms with Gasteiger partial charge in [-0.05, 0) is 43.0 Å². The molecule has 7 heteroatoms. The lowest BCUT2D eigenvalue weighted by molar-refractivity contribution is 0.477. The van der Waals surface area contributed by atoms with Crippen molar-refractivity contribution in [3.8, 4) is 0 Å². The zero-order chi connectivity index (χ0) is 15.0. The summed E-state index contributed by atoms with van der Waals surface area (Å²) in [4.78, 5) is -0.632. The van der Waals surface area contributed by atoms with Crippen LogP contribution in [0.25, 0.3) is 0 Å². The lowest BCUT2D eigenvalue weighted by Gasteiger charge is -2.13. The number of hydrogen-bond acceptors (Lipinski definition) is 3. The molecule has 1 aromatic carbocycles. The van der Waals surface area contributed by atoms with Crippen LogP contribution in [0.5, 0.6) is 0 Å². The van der Waals surface area contributed by atoms with E-state index in [2.05, 4.69) is 10.0 Å². The molecule has 0 atom stereocenters. The van der Waals surface area contributed by atoms with E-state index in [9.17, 15) is 17.2 Å². The summed E-state index contributed by atoms with van der Waals surface area (Å²) in [6.07, 6.45) is 1.87. The van der Waals surface area contributed by atoms with E-state index >= 15 is 0 Å². The van der Waals surface area contributed by atoms with Gasteiger partial charge in [0.2, 0.25) is 10.0 Å². The Morgan fingerprint density at radius 3 is 2.50 bits per heavy atom. The maximum absolute atomic E-state index is 13.7. The number of benzene rings is 1. The van der Waals surface area contributed by atoms with E-state index in [0.29, 0.717) is 5.56 Å². The molecular weight excluding hydrogens is 286 g/mol. The molecule has 1 aliphatic rings. The van der Waals surface area contributed by atoms with Crippen molar-refractivity contribution in [1.29, 1.82) is 0 Å². The minimum absolute atomic E-state index is 0.0509. The van der Waals surface area contributed by atoms with Crippen molar-refractivity contribution in [3.05, 3.63) is 29.3 Å². The predicted molar refractivity (Wildman–Crippen MR) is 71.7 cm³/mol. The molecular formula is C13H18F2N2O2S. The number of halogens is 2. The average Bonchev–Trinajstić information content (AvgIpc) is 3.10. The first-order valence-electron chi connectivity index (χ1n) is 6.40. The maximum Gasteiger partial charge on any atom is 0.243 e. The lowest BCUT2D eigenvalue weighted by Crippen LogP contribution is -2.30. The van der Waals surface area contributed by atoms with Gasteiger partial charge in [-0.15, -0.1) is 0 Å². The Kier molecular flexibility index (Phi) is 4.13. The molecule has 2 N–H and O–H groups in total. The molecule has 1 fully saturated rings. The van der Waals surface area contributed by atoms with Gasteiger partial charge in [-0.1, -0.05) is 6.92 Å². The van der Waals surface area contributed by atoms with Crippen LogP contribution in [-0.4, -0.2) is 22.0 Å². The molecule has 0 unspecified atom stereocenters. The van der Waals surface area contributed by atoms with Crippen molar-refractivity contribution in [1.82, 2.24) is 10.0 Å². The smallest absolute Gasteiger partial charge is 0.243 e. The van der Waals surface area contributed by atoms with Crippen LogP contribution in [0.2, 0.25) is 0 Å². The topological polar surface area (TPSA) is 58.2 Å². The third kappa shape index (κ3) is 3.34. The van der Waals surface area contributed by atoms with E-state index in [4.69, 9.17) is 0 Å². The highest BCUT2D eigenvalue weighted by molar-refractivity contribution is 7.89. The van der Waals surface area contributed by atoms with E-state index in [0.717, 1.165) is 25.0 Å². The standard InChI is InChI=1S/C13H18F2N2O2S/c1-13(3-4-13)8-17-20(18,19)11-6-9(7-16-2)5-10(14)12(11)15/h5-6,16-17H,3-4,7-8H2,1-2H3. The van der Waals surface area contributed by atoms with Crippen LogP contribution in [0, 0.1) is 17.0 Å². The van der Waals surface area contributed by atoms with Crippen LogP contribution in [0.3, 0.4) is 0 Å². The molecule has 1 saturated carbocycles. The van der Waals surface area contributed by atoms with Gasteiger partial charge in [0, 0.05) is 13.1 Å². The third-order valence-electron chi connectivity index (χ3n) is 3.52. The minimum atomic E-state index is -4.04. The highest BCUT2D eigenvalue weighted by atomic mass is 32.2. The summed E-state index contributed by atoms with van der Waals surface area (Å²) in [7, 11) is -2.40. The van der Waals surface area contributed by atoms with Crippen LogP contribution < -0.4 is 10.0 Å². The fourth-order valence-electron chi connectivity index (χ4n) is 1.86. The van der Waals surface area contributed by atoms with Gasteiger partial charge in [0.05, 0.1) is 0 Å². The largest absolute Gasteiger partial charge is 0.316 e. The SMILES string of the molecule is CNCc1cc(F)c(F)c(S(=O)(=O)NCC2(C)CC2)c1. The second-order valence-corrected chi connectivity index (χ2v) is 7.29. The van der Waals surface area contributed by atoms with Crippen LogP contribution >= 0.6 is 0 Å². The molecule has 0 bridgehead atoms. The number of rotatable bonds is 6. The molecule has 0 aromatic heterocycles. The molecule has 0 saturated heterocycles. The first-order chi connectivity index (χ1) is 9.27. The number of nitrogens with one attached hydrogen (secondary N) is 2. The predicted octanol–water partition coefficient (Wildman–Crippen LogP) is 1.76. The number of sulfonamides is 1. The summed E-state index contributed by atoms with van der Waals surface area (Å²) >= 11 is 0. The lowest BCUT2D eigenvalue weighted by atomic mass is 10.2. The Morgan fingerprint density at radius 1 is 1.30 bits per heavy atom. The van der Waals surface area contributed by atoms with Crippen LogP contribution in [-0.2, 0) is 16.6 Å². The van der Waals surface area contributed by atoms with Crippen molar-refractivity contribution in [3.63, 3.8) is 0 Å². The van der Waals surface area contributed by atoms with E-state index in [1.165, 1.54) is 0 Å². The molecule has 0 amide bonds. The molecule has 0 radical (unpaired) electrons. The van der Waals surface area contributed by atoms with Crippen molar-refractivity contribution >= 4 is 10.0 Å². The number of hydrogen-bond donors (Lipinski definition) is 2. The fraction of sp³-hybridized carbons (Fsp3) is 0.538. The van der Waals surface area contributed by atoms with Crippen LogP contribution in [0.15, 0.2) is 17.0 Å². The first kappa shape index (κ1) is 15.3. The van der Waals surface area contributed by atoms with Crippen LogP contribution in [0.4, 0.5) is 8.78 Å². The first-order valence-corrected chi connectivity index (χ1v) is 7.88. The molecule has 1 aromatic rings. The Bertz CT molecular complexity index is 613. The van der Waals surface area contributed by atoms with Gasteiger partial charge >= 0.3 is 0 Å². The highest BCUT2D eigenvalue weighted by Gasteiger charge is 2.38. The molecule has 112 valence electrons. The second-order valence-electron chi connectivity index (χ2n) is 5.56. The van der Waals surface area contributed by atoms with E-state index in [1.807, 2.05) is 6.92 Å². The second kappa shape index (κ2) is 5.38. The zero-order valence-electron chi connectivity index (χ0n) is 11.5. The van der Waals surface area contributed by atoms with Gasteiger partial charge in [-0.25, -0.2) is 21.9 Å². The fourth-order valence-corrected chi connectivity index (χ4v) is 3.19. The van der Waals surface area contributed by atoms with Gasteiger partial charge in [0.1, 0.15) is 4.90 Å². The summed E-state index contributed by atoms with van der Waals surface area (Å²) in [5.74, 6) is -2.49. The van der Waals surface area contributed by atoms with E-state index < -0.39 is 26.6 Å². The van der Waals surface area contributed by atoms with Crippen molar-refractivity contribution in [2.45, 2.75) is 31.2 Å².